The van der Waals surface area contributed by atoms with E-state index in [1.54, 1.807) is 11.3 Å². The molecule has 2 N–H and O–H groups in total. The molecule has 2 aromatic rings. The molecule has 1 aromatic carbocycles. The summed E-state index contributed by atoms with van der Waals surface area (Å²) in [6, 6.07) is 8.02. The van der Waals surface area contributed by atoms with E-state index in [1.807, 2.05) is 31.2 Å². The number of nitrogens with two attached hydrogens (primary N) is 1. The van der Waals surface area contributed by atoms with Gasteiger partial charge in [0.15, 0.2) is 0 Å². The minimum atomic E-state index is 0.611. The lowest BCUT2D eigenvalue weighted by atomic mass is 10.2. The van der Waals surface area contributed by atoms with Crippen LogP contribution < -0.4 is 5.73 Å². The fourth-order valence-corrected chi connectivity index (χ4v) is 2.77. The fraction of sp³-hybridized carbons (Fsp3) is 0.100. The molecule has 0 spiro atoms. The van der Waals surface area contributed by atoms with E-state index in [4.69, 9.17) is 5.73 Å². The Morgan fingerprint density at radius 1 is 1.36 bits per heavy atom. The van der Waals surface area contributed by atoms with Gasteiger partial charge in [0, 0.05) is 10.0 Å². The second-order valence-corrected chi connectivity index (χ2v) is 4.98. The maximum Gasteiger partial charge on any atom is 0.142 e. The number of hydrogen-bond donors (Lipinski definition) is 1. The molecule has 0 unspecified atom stereocenters. The number of rotatable bonds is 1. The molecule has 0 aliphatic carbocycles. The van der Waals surface area contributed by atoms with E-state index in [2.05, 4.69) is 20.9 Å². The minimum Gasteiger partial charge on any atom is -0.382 e. The van der Waals surface area contributed by atoms with Crippen molar-refractivity contribution >= 4 is 33.1 Å². The molecule has 0 aliphatic rings. The molecule has 0 atom stereocenters. The van der Waals surface area contributed by atoms with E-state index in [0.717, 1.165) is 19.9 Å². The van der Waals surface area contributed by atoms with Crippen molar-refractivity contribution in [2.45, 2.75) is 6.92 Å². The SMILES string of the molecule is Cc1nc(N)c(-c2ccccc2Br)s1. The van der Waals surface area contributed by atoms with Crippen molar-refractivity contribution in [1.29, 1.82) is 0 Å². The quantitative estimate of drug-likeness (QED) is 0.861. The highest BCUT2D eigenvalue weighted by atomic mass is 79.9. The summed E-state index contributed by atoms with van der Waals surface area (Å²) in [4.78, 5) is 5.24. The molecular formula is C10H9BrN2S. The summed E-state index contributed by atoms with van der Waals surface area (Å²) < 4.78 is 1.05. The first kappa shape index (κ1) is 9.68. The van der Waals surface area contributed by atoms with Crippen LogP contribution in [0, 0.1) is 6.92 Å². The van der Waals surface area contributed by atoms with E-state index >= 15 is 0 Å². The van der Waals surface area contributed by atoms with Crippen LogP contribution >= 0.6 is 27.3 Å². The Morgan fingerprint density at radius 3 is 2.64 bits per heavy atom. The van der Waals surface area contributed by atoms with Crippen LogP contribution in [0.15, 0.2) is 28.7 Å². The molecule has 0 fully saturated rings. The molecule has 2 nitrogen and oxygen atoms in total. The van der Waals surface area contributed by atoms with Crippen LogP contribution in [0.4, 0.5) is 5.82 Å². The van der Waals surface area contributed by atoms with Crippen LogP contribution in [0.2, 0.25) is 0 Å². The zero-order valence-electron chi connectivity index (χ0n) is 7.62. The second kappa shape index (κ2) is 3.71. The largest absolute Gasteiger partial charge is 0.382 e. The normalized spacial score (nSPS) is 10.4. The minimum absolute atomic E-state index is 0.611. The first-order chi connectivity index (χ1) is 6.68. The summed E-state index contributed by atoms with van der Waals surface area (Å²) in [5, 5.41) is 0.994. The van der Waals surface area contributed by atoms with Gasteiger partial charge in [0.05, 0.1) is 9.88 Å². The van der Waals surface area contributed by atoms with Gasteiger partial charge in [-0.1, -0.05) is 34.1 Å². The van der Waals surface area contributed by atoms with Gasteiger partial charge in [0.2, 0.25) is 0 Å². The number of nitrogen functional groups attached to an aromatic ring is 1. The number of nitrogens with zero attached hydrogens (tertiary/aromatic N) is 1. The van der Waals surface area contributed by atoms with Gasteiger partial charge >= 0.3 is 0 Å². The summed E-state index contributed by atoms with van der Waals surface area (Å²) >= 11 is 5.12. The zero-order valence-corrected chi connectivity index (χ0v) is 10.0. The molecule has 1 heterocycles. The molecule has 0 aliphatic heterocycles. The van der Waals surface area contributed by atoms with Crippen molar-refractivity contribution in [1.82, 2.24) is 4.98 Å². The van der Waals surface area contributed by atoms with E-state index in [1.165, 1.54) is 0 Å². The first-order valence-electron chi connectivity index (χ1n) is 4.16. The molecule has 0 radical (unpaired) electrons. The van der Waals surface area contributed by atoms with Gasteiger partial charge in [-0.25, -0.2) is 4.98 Å². The smallest absolute Gasteiger partial charge is 0.142 e. The highest BCUT2D eigenvalue weighted by Gasteiger charge is 2.10. The predicted molar refractivity (Wildman–Crippen MR) is 64.4 cm³/mol. The van der Waals surface area contributed by atoms with Crippen molar-refractivity contribution in [2.24, 2.45) is 0 Å². The number of thiazole rings is 1. The Bertz CT molecular complexity index is 465. The molecule has 4 heteroatoms. The number of benzene rings is 1. The third kappa shape index (κ3) is 1.67. The van der Waals surface area contributed by atoms with E-state index in [0.29, 0.717) is 5.82 Å². The van der Waals surface area contributed by atoms with Gasteiger partial charge in [-0.3, -0.25) is 0 Å². The Labute approximate surface area is 94.9 Å². The molecule has 2 rings (SSSR count). The average Bonchev–Trinajstić information content (AvgIpc) is 2.46. The first-order valence-corrected chi connectivity index (χ1v) is 5.77. The summed E-state index contributed by atoms with van der Waals surface area (Å²) in [6.07, 6.45) is 0. The Hall–Kier alpha value is -0.870. The fourth-order valence-electron chi connectivity index (χ4n) is 1.28. The second-order valence-electron chi connectivity index (χ2n) is 2.93. The van der Waals surface area contributed by atoms with Crippen molar-refractivity contribution in [3.63, 3.8) is 0 Å². The number of hydrogen-bond acceptors (Lipinski definition) is 3. The highest BCUT2D eigenvalue weighted by molar-refractivity contribution is 9.10. The highest BCUT2D eigenvalue weighted by Crippen LogP contribution is 2.36. The van der Waals surface area contributed by atoms with Crippen LogP contribution in [-0.2, 0) is 0 Å². The maximum atomic E-state index is 5.82. The van der Waals surface area contributed by atoms with Crippen molar-refractivity contribution in [2.75, 3.05) is 5.73 Å². The van der Waals surface area contributed by atoms with Crippen LogP contribution in [0.1, 0.15) is 5.01 Å². The summed E-state index contributed by atoms with van der Waals surface area (Å²) in [5.74, 6) is 0.611. The number of aromatic nitrogens is 1. The Kier molecular flexibility index (Phi) is 2.56. The molecule has 1 aromatic heterocycles. The third-order valence-electron chi connectivity index (χ3n) is 1.88. The number of anilines is 1. The zero-order chi connectivity index (χ0) is 10.1. The van der Waals surface area contributed by atoms with Gasteiger partial charge in [0.1, 0.15) is 5.82 Å². The van der Waals surface area contributed by atoms with Crippen molar-refractivity contribution in [3.05, 3.63) is 33.7 Å². The average molecular weight is 269 g/mol. The maximum absolute atomic E-state index is 5.82. The molecule has 14 heavy (non-hydrogen) atoms. The van der Waals surface area contributed by atoms with Crippen molar-refractivity contribution < 1.29 is 0 Å². The summed E-state index contributed by atoms with van der Waals surface area (Å²) in [6.45, 7) is 1.96. The lowest BCUT2D eigenvalue weighted by Crippen LogP contribution is -1.87. The van der Waals surface area contributed by atoms with Gasteiger partial charge in [-0.05, 0) is 13.0 Å². The molecule has 72 valence electrons. The Morgan fingerprint density at radius 2 is 2.07 bits per heavy atom. The number of halogens is 1. The van der Waals surface area contributed by atoms with Gasteiger partial charge < -0.3 is 5.73 Å². The molecule has 0 amide bonds. The van der Waals surface area contributed by atoms with Gasteiger partial charge in [-0.15, -0.1) is 11.3 Å². The predicted octanol–water partition coefficient (Wildman–Crippen LogP) is 3.46. The van der Waals surface area contributed by atoms with Gasteiger partial charge in [-0.2, -0.15) is 0 Å². The molecule has 0 bridgehead atoms. The van der Waals surface area contributed by atoms with E-state index < -0.39 is 0 Å². The number of aryl methyl sites for hydroxylation is 1. The monoisotopic (exact) mass is 268 g/mol. The molecular weight excluding hydrogens is 260 g/mol. The van der Waals surface area contributed by atoms with Crippen LogP contribution in [0.3, 0.4) is 0 Å². The van der Waals surface area contributed by atoms with Crippen LogP contribution in [-0.4, -0.2) is 4.98 Å². The third-order valence-corrected chi connectivity index (χ3v) is 3.59. The standard InChI is InChI=1S/C10H9BrN2S/c1-6-13-10(12)9(14-6)7-4-2-3-5-8(7)11/h2-5H,12H2,1H3. The topological polar surface area (TPSA) is 38.9 Å². The molecule has 0 saturated carbocycles. The van der Waals surface area contributed by atoms with E-state index in [-0.39, 0.29) is 0 Å². The van der Waals surface area contributed by atoms with Crippen molar-refractivity contribution in [3.8, 4) is 10.4 Å². The Balaban J connectivity index is 2.60. The van der Waals surface area contributed by atoms with Gasteiger partial charge in [0.25, 0.3) is 0 Å². The van der Waals surface area contributed by atoms with Crippen LogP contribution in [0.5, 0.6) is 0 Å². The molecule has 0 saturated heterocycles. The van der Waals surface area contributed by atoms with Crippen LogP contribution in [0.25, 0.3) is 10.4 Å². The lowest BCUT2D eigenvalue weighted by molar-refractivity contribution is 1.30. The summed E-state index contributed by atoms with van der Waals surface area (Å²) in [5.41, 5.74) is 6.93. The lowest BCUT2D eigenvalue weighted by Gasteiger charge is -2.00. The summed E-state index contributed by atoms with van der Waals surface area (Å²) in [7, 11) is 0. The van der Waals surface area contributed by atoms with E-state index in [9.17, 15) is 0 Å².